The standard InChI is InChI=1S/C13H21NO/c14-12-3-2-10(8-12)11-4-7-15-13(9-11)5-1-6-13/h8,11-12H,1-7,9,14H2. The monoisotopic (exact) mass is 207 g/mol. The molecule has 3 rings (SSSR count). The Morgan fingerprint density at radius 2 is 2.20 bits per heavy atom. The summed E-state index contributed by atoms with van der Waals surface area (Å²) in [5.41, 5.74) is 7.86. The maximum atomic E-state index is 5.96. The van der Waals surface area contributed by atoms with E-state index in [1.165, 1.54) is 44.9 Å². The molecule has 0 aromatic rings. The van der Waals surface area contributed by atoms with E-state index in [1.807, 2.05) is 0 Å². The molecule has 0 radical (unpaired) electrons. The fraction of sp³-hybridized carbons (Fsp3) is 0.846. The molecule has 1 saturated heterocycles. The van der Waals surface area contributed by atoms with Gasteiger partial charge in [-0.1, -0.05) is 11.6 Å². The summed E-state index contributed by atoms with van der Waals surface area (Å²) in [6.45, 7) is 0.969. The van der Waals surface area contributed by atoms with E-state index in [1.54, 1.807) is 5.57 Å². The highest BCUT2D eigenvalue weighted by molar-refractivity contribution is 5.18. The maximum Gasteiger partial charge on any atom is 0.0688 e. The Bertz CT molecular complexity index is 280. The predicted octanol–water partition coefficient (Wildman–Crippen LogP) is 2.38. The third-order valence-corrected chi connectivity index (χ3v) is 4.48. The number of allylic oxidation sites excluding steroid dienone is 1. The molecule has 0 aromatic carbocycles. The molecule has 1 saturated carbocycles. The summed E-state index contributed by atoms with van der Waals surface area (Å²) in [6, 6.07) is 0.334. The fourth-order valence-corrected chi connectivity index (χ4v) is 3.38. The molecular formula is C13H21NO. The SMILES string of the molecule is NC1C=C(C2CCOC3(CCC3)C2)CC1. The zero-order valence-corrected chi connectivity index (χ0v) is 9.37. The van der Waals surface area contributed by atoms with Gasteiger partial charge in [0.25, 0.3) is 0 Å². The quantitative estimate of drug-likeness (QED) is 0.670. The van der Waals surface area contributed by atoms with Crippen LogP contribution in [-0.2, 0) is 4.74 Å². The third-order valence-electron chi connectivity index (χ3n) is 4.48. The summed E-state index contributed by atoms with van der Waals surface area (Å²) in [6.07, 6.45) is 11.2. The van der Waals surface area contributed by atoms with Gasteiger partial charge in [-0.15, -0.1) is 0 Å². The van der Waals surface area contributed by atoms with Crippen LogP contribution in [0.15, 0.2) is 11.6 Å². The van der Waals surface area contributed by atoms with Crippen LogP contribution in [0.1, 0.15) is 44.9 Å². The summed E-state index contributed by atoms with van der Waals surface area (Å²) >= 11 is 0. The first-order valence-electron chi connectivity index (χ1n) is 6.38. The second-order valence-electron chi connectivity index (χ2n) is 5.52. The van der Waals surface area contributed by atoms with Crippen LogP contribution in [0, 0.1) is 5.92 Å². The minimum atomic E-state index is 0.288. The van der Waals surface area contributed by atoms with Gasteiger partial charge in [0.1, 0.15) is 0 Å². The summed E-state index contributed by atoms with van der Waals surface area (Å²) < 4.78 is 5.96. The zero-order chi connectivity index (χ0) is 10.3. The Balaban J connectivity index is 1.69. The minimum absolute atomic E-state index is 0.288. The average molecular weight is 207 g/mol. The van der Waals surface area contributed by atoms with E-state index in [2.05, 4.69) is 6.08 Å². The number of hydrogen-bond donors (Lipinski definition) is 1. The number of hydrogen-bond acceptors (Lipinski definition) is 2. The highest BCUT2D eigenvalue weighted by Crippen LogP contribution is 2.47. The van der Waals surface area contributed by atoms with Gasteiger partial charge in [-0.3, -0.25) is 0 Å². The van der Waals surface area contributed by atoms with Crippen LogP contribution in [0.4, 0.5) is 0 Å². The minimum Gasteiger partial charge on any atom is -0.375 e. The van der Waals surface area contributed by atoms with Crippen molar-refractivity contribution in [2.45, 2.75) is 56.6 Å². The third kappa shape index (κ3) is 1.74. The fourth-order valence-electron chi connectivity index (χ4n) is 3.38. The Kier molecular flexibility index (Phi) is 2.37. The highest BCUT2D eigenvalue weighted by atomic mass is 16.5. The van der Waals surface area contributed by atoms with E-state index in [-0.39, 0.29) is 5.60 Å². The van der Waals surface area contributed by atoms with Gasteiger partial charge in [-0.05, 0) is 50.9 Å². The Labute approximate surface area is 91.9 Å². The second-order valence-corrected chi connectivity index (χ2v) is 5.52. The maximum absolute atomic E-state index is 5.96. The average Bonchev–Trinajstić information content (AvgIpc) is 2.63. The van der Waals surface area contributed by atoms with E-state index in [0.717, 1.165) is 12.5 Å². The van der Waals surface area contributed by atoms with Crippen molar-refractivity contribution in [3.05, 3.63) is 11.6 Å². The Morgan fingerprint density at radius 3 is 2.80 bits per heavy atom. The number of nitrogens with two attached hydrogens (primary N) is 1. The van der Waals surface area contributed by atoms with Crippen LogP contribution >= 0.6 is 0 Å². The lowest BCUT2D eigenvalue weighted by Crippen LogP contribution is -2.45. The van der Waals surface area contributed by atoms with E-state index in [4.69, 9.17) is 10.5 Å². The first kappa shape index (κ1) is 9.86. The molecule has 0 aromatic heterocycles. The number of rotatable bonds is 1. The highest BCUT2D eigenvalue weighted by Gasteiger charge is 2.43. The summed E-state index contributed by atoms with van der Waals surface area (Å²) in [5, 5.41) is 0. The molecule has 2 unspecified atom stereocenters. The van der Waals surface area contributed by atoms with Crippen molar-refractivity contribution in [2.75, 3.05) is 6.61 Å². The van der Waals surface area contributed by atoms with Gasteiger partial charge in [-0.2, -0.15) is 0 Å². The zero-order valence-electron chi connectivity index (χ0n) is 9.37. The molecule has 84 valence electrons. The summed E-state index contributed by atoms with van der Waals surface area (Å²) in [4.78, 5) is 0. The van der Waals surface area contributed by atoms with Crippen molar-refractivity contribution < 1.29 is 4.74 Å². The van der Waals surface area contributed by atoms with Gasteiger partial charge in [-0.25, -0.2) is 0 Å². The van der Waals surface area contributed by atoms with Crippen molar-refractivity contribution in [3.63, 3.8) is 0 Å². The Morgan fingerprint density at radius 1 is 1.33 bits per heavy atom. The van der Waals surface area contributed by atoms with Crippen LogP contribution in [0.5, 0.6) is 0 Å². The molecule has 1 aliphatic heterocycles. The molecule has 2 nitrogen and oxygen atoms in total. The second kappa shape index (κ2) is 3.60. The molecule has 2 aliphatic carbocycles. The molecule has 2 fully saturated rings. The summed E-state index contributed by atoms with van der Waals surface area (Å²) in [5.74, 6) is 0.785. The first-order chi connectivity index (χ1) is 7.27. The smallest absolute Gasteiger partial charge is 0.0688 e. The van der Waals surface area contributed by atoms with Crippen LogP contribution in [0.25, 0.3) is 0 Å². The van der Waals surface area contributed by atoms with Gasteiger partial charge < -0.3 is 10.5 Å². The van der Waals surface area contributed by atoms with Crippen molar-refractivity contribution in [3.8, 4) is 0 Å². The van der Waals surface area contributed by atoms with Gasteiger partial charge in [0.2, 0.25) is 0 Å². The van der Waals surface area contributed by atoms with Crippen molar-refractivity contribution in [1.29, 1.82) is 0 Å². The first-order valence-corrected chi connectivity index (χ1v) is 6.38. The van der Waals surface area contributed by atoms with Crippen LogP contribution < -0.4 is 5.73 Å². The van der Waals surface area contributed by atoms with Crippen LogP contribution in [0.3, 0.4) is 0 Å². The van der Waals surface area contributed by atoms with E-state index >= 15 is 0 Å². The van der Waals surface area contributed by atoms with E-state index < -0.39 is 0 Å². The van der Waals surface area contributed by atoms with Crippen LogP contribution in [0.2, 0.25) is 0 Å². The van der Waals surface area contributed by atoms with Gasteiger partial charge in [0.05, 0.1) is 5.60 Å². The molecule has 0 bridgehead atoms. The lowest BCUT2D eigenvalue weighted by Gasteiger charge is -2.47. The van der Waals surface area contributed by atoms with Crippen molar-refractivity contribution >= 4 is 0 Å². The van der Waals surface area contributed by atoms with Gasteiger partial charge >= 0.3 is 0 Å². The van der Waals surface area contributed by atoms with Gasteiger partial charge in [0, 0.05) is 12.6 Å². The lowest BCUT2D eigenvalue weighted by atomic mass is 9.70. The van der Waals surface area contributed by atoms with Gasteiger partial charge in [0.15, 0.2) is 0 Å². The topological polar surface area (TPSA) is 35.2 Å². The molecule has 1 spiro atoms. The largest absolute Gasteiger partial charge is 0.375 e. The lowest BCUT2D eigenvalue weighted by molar-refractivity contribution is -0.138. The van der Waals surface area contributed by atoms with E-state index in [9.17, 15) is 0 Å². The molecule has 1 heterocycles. The molecule has 2 heteroatoms. The van der Waals surface area contributed by atoms with Crippen LogP contribution in [-0.4, -0.2) is 18.2 Å². The molecule has 15 heavy (non-hydrogen) atoms. The summed E-state index contributed by atoms with van der Waals surface area (Å²) in [7, 11) is 0. The molecule has 2 N–H and O–H groups in total. The van der Waals surface area contributed by atoms with E-state index in [0.29, 0.717) is 6.04 Å². The van der Waals surface area contributed by atoms with Crippen molar-refractivity contribution in [1.82, 2.24) is 0 Å². The Hall–Kier alpha value is -0.340. The molecular weight excluding hydrogens is 186 g/mol. The predicted molar refractivity (Wildman–Crippen MR) is 60.6 cm³/mol. The number of ether oxygens (including phenoxy) is 1. The molecule has 3 aliphatic rings. The molecule has 0 amide bonds. The molecule has 2 atom stereocenters. The normalized spacial score (nSPS) is 38.9. The van der Waals surface area contributed by atoms with Crippen molar-refractivity contribution in [2.24, 2.45) is 11.7 Å².